The van der Waals surface area contributed by atoms with Crippen LogP contribution in [0, 0.1) is 0 Å². The van der Waals surface area contributed by atoms with Gasteiger partial charge in [0.15, 0.2) is 18.7 Å². The number of benzene rings is 5. The number of rotatable bonds is 21. The largest absolute Gasteiger partial charge is 0.454 e. The number of aliphatic hydroxyl groups excluding tert-OH is 1. The second kappa shape index (κ2) is 24.1. The van der Waals surface area contributed by atoms with Gasteiger partial charge >= 0.3 is 5.97 Å². The molecule has 0 spiro atoms. The minimum absolute atomic E-state index is 0.0398. The summed E-state index contributed by atoms with van der Waals surface area (Å²) >= 11 is 0. The molecule has 0 radical (unpaired) electrons. The van der Waals surface area contributed by atoms with Gasteiger partial charge in [-0.05, 0) is 27.8 Å². The van der Waals surface area contributed by atoms with Crippen molar-refractivity contribution in [3.8, 4) is 0 Å². The number of carbonyl (C=O) groups is 2. The number of hydrogen-bond acceptors (Lipinski definition) is 12. The van der Waals surface area contributed by atoms with Gasteiger partial charge in [0, 0.05) is 13.8 Å². The van der Waals surface area contributed by atoms with Crippen molar-refractivity contribution in [2.24, 2.45) is 0 Å². The van der Waals surface area contributed by atoms with Gasteiger partial charge in [-0.1, -0.05) is 152 Å². The van der Waals surface area contributed by atoms with Gasteiger partial charge in [-0.2, -0.15) is 0 Å². The average Bonchev–Trinajstić information content (AvgIpc) is 3.31. The molecule has 5 aromatic carbocycles. The van der Waals surface area contributed by atoms with E-state index in [9.17, 15) is 14.7 Å². The van der Waals surface area contributed by atoms with Gasteiger partial charge in [0.2, 0.25) is 5.91 Å². The molecule has 0 bridgehead atoms. The number of amides is 1. The molecule has 5 aromatic rings. The highest BCUT2D eigenvalue weighted by atomic mass is 16.7. The van der Waals surface area contributed by atoms with E-state index in [0.29, 0.717) is 0 Å². The van der Waals surface area contributed by atoms with Gasteiger partial charge < -0.3 is 53.1 Å². The van der Waals surface area contributed by atoms with E-state index in [1.165, 1.54) is 13.8 Å². The fraction of sp³-hybridized carbons (Fsp3) is 0.373. The van der Waals surface area contributed by atoms with Crippen molar-refractivity contribution in [2.45, 2.75) is 108 Å². The van der Waals surface area contributed by atoms with Crippen molar-refractivity contribution in [1.82, 2.24) is 5.32 Å². The first-order valence-electron chi connectivity index (χ1n) is 21.6. The van der Waals surface area contributed by atoms with E-state index in [1.807, 2.05) is 152 Å². The molecule has 2 aliphatic heterocycles. The van der Waals surface area contributed by atoms with Crippen LogP contribution >= 0.6 is 0 Å². The standard InChI is InChI=1S/C51H57NO12/c1-35(53)52-44-47(59-31-40-24-14-6-15-25-40)46(43(62-50(44)55)34-57-29-38-20-10-4-11-21-38)64-51-49(61-36(2)54)48(60-32-41-26-16-7-17-27-41)45(58-30-39-22-12-5-13-23-39)42(63-51)33-56-28-37-18-8-3-9-19-37/h3-27,42-51,55H,28-34H2,1-2H3,(H,52,53)/t42-,43-,44-,45+,46-,47-,48+,49-,50-,51+/m0/s1. The van der Waals surface area contributed by atoms with Crippen LogP contribution in [0.4, 0.5) is 0 Å². The second-order valence-electron chi connectivity index (χ2n) is 15.8. The summed E-state index contributed by atoms with van der Waals surface area (Å²) in [7, 11) is 0. The topological polar surface area (TPSA) is 149 Å². The summed E-state index contributed by atoms with van der Waals surface area (Å²) < 4.78 is 58.9. The molecule has 2 aliphatic rings. The first-order chi connectivity index (χ1) is 31.3. The number of ether oxygens (including phenoxy) is 9. The molecule has 0 saturated carbocycles. The third-order valence-corrected chi connectivity index (χ3v) is 10.9. The summed E-state index contributed by atoms with van der Waals surface area (Å²) in [6.45, 7) is 3.58. The Morgan fingerprint density at radius 3 is 1.31 bits per heavy atom. The first kappa shape index (κ1) is 46.7. The number of aliphatic hydroxyl groups is 1. The molecule has 338 valence electrons. The Kier molecular flexibility index (Phi) is 17.6. The number of hydrogen-bond donors (Lipinski definition) is 2. The van der Waals surface area contributed by atoms with Crippen molar-refractivity contribution < 1.29 is 57.3 Å². The minimum Gasteiger partial charge on any atom is -0.454 e. The monoisotopic (exact) mass is 875 g/mol. The lowest BCUT2D eigenvalue weighted by Crippen LogP contribution is -2.68. The Morgan fingerprint density at radius 1 is 0.500 bits per heavy atom. The summed E-state index contributed by atoms with van der Waals surface area (Å²) in [5.74, 6) is -1.03. The molecule has 7 rings (SSSR count). The second-order valence-corrected chi connectivity index (χ2v) is 15.8. The molecule has 1 amide bonds. The maximum Gasteiger partial charge on any atom is 0.303 e. The van der Waals surface area contributed by atoms with E-state index in [-0.39, 0.29) is 46.2 Å². The molecule has 0 aromatic heterocycles. The van der Waals surface area contributed by atoms with Gasteiger partial charge in [0.25, 0.3) is 0 Å². The molecule has 2 saturated heterocycles. The number of esters is 1. The molecule has 13 heteroatoms. The highest BCUT2D eigenvalue weighted by Gasteiger charge is 2.54. The van der Waals surface area contributed by atoms with Crippen LogP contribution in [0.3, 0.4) is 0 Å². The zero-order chi connectivity index (χ0) is 44.5. The Balaban J connectivity index is 1.25. The normalized spacial score (nSPS) is 25.6. The molecule has 2 heterocycles. The van der Waals surface area contributed by atoms with Crippen LogP contribution in [0.1, 0.15) is 41.7 Å². The number of carbonyl (C=O) groups excluding carboxylic acids is 2. The van der Waals surface area contributed by atoms with Gasteiger partial charge in [0.1, 0.15) is 42.7 Å². The van der Waals surface area contributed by atoms with E-state index in [4.69, 9.17) is 42.6 Å². The summed E-state index contributed by atoms with van der Waals surface area (Å²) in [5, 5.41) is 14.3. The van der Waals surface area contributed by atoms with Crippen LogP contribution in [0.5, 0.6) is 0 Å². The summed E-state index contributed by atoms with van der Waals surface area (Å²) in [6.07, 6.45) is -9.80. The van der Waals surface area contributed by atoms with E-state index < -0.39 is 73.2 Å². The Labute approximate surface area is 374 Å². The average molecular weight is 876 g/mol. The van der Waals surface area contributed by atoms with Crippen LogP contribution in [0.25, 0.3) is 0 Å². The van der Waals surface area contributed by atoms with Crippen molar-refractivity contribution in [3.05, 3.63) is 179 Å². The zero-order valence-corrected chi connectivity index (χ0v) is 36.1. The van der Waals surface area contributed by atoms with E-state index in [0.717, 1.165) is 27.8 Å². The molecular formula is C51H57NO12. The van der Waals surface area contributed by atoms with E-state index in [1.54, 1.807) is 0 Å². The quantitative estimate of drug-likeness (QED) is 0.0782. The number of nitrogens with one attached hydrogen (secondary N) is 1. The molecule has 0 unspecified atom stereocenters. The molecule has 2 N–H and O–H groups in total. The molecule has 0 aliphatic carbocycles. The molecule has 2 fully saturated rings. The predicted molar refractivity (Wildman–Crippen MR) is 235 cm³/mol. The lowest BCUT2D eigenvalue weighted by atomic mass is 9.94. The smallest absolute Gasteiger partial charge is 0.303 e. The van der Waals surface area contributed by atoms with Gasteiger partial charge in [-0.25, -0.2) is 0 Å². The summed E-state index contributed by atoms with van der Waals surface area (Å²) in [4.78, 5) is 25.9. The van der Waals surface area contributed by atoms with Gasteiger partial charge in [0.05, 0.1) is 46.2 Å². The van der Waals surface area contributed by atoms with E-state index >= 15 is 0 Å². The molecule has 13 nitrogen and oxygen atoms in total. The third-order valence-electron chi connectivity index (χ3n) is 10.9. The third kappa shape index (κ3) is 13.6. The Morgan fingerprint density at radius 2 is 0.891 bits per heavy atom. The fourth-order valence-corrected chi connectivity index (χ4v) is 7.82. The van der Waals surface area contributed by atoms with Crippen LogP contribution in [-0.4, -0.2) is 91.5 Å². The Bertz CT molecular complexity index is 2120. The zero-order valence-electron chi connectivity index (χ0n) is 36.1. The maximum atomic E-state index is 13.1. The fourth-order valence-electron chi connectivity index (χ4n) is 7.82. The van der Waals surface area contributed by atoms with Crippen molar-refractivity contribution >= 4 is 11.9 Å². The van der Waals surface area contributed by atoms with E-state index in [2.05, 4.69) is 5.32 Å². The maximum absolute atomic E-state index is 13.1. The molecule has 64 heavy (non-hydrogen) atoms. The van der Waals surface area contributed by atoms with Crippen molar-refractivity contribution in [2.75, 3.05) is 13.2 Å². The minimum atomic E-state index is -1.51. The van der Waals surface area contributed by atoms with Crippen molar-refractivity contribution in [1.29, 1.82) is 0 Å². The Hall–Kier alpha value is -5.32. The summed E-state index contributed by atoms with van der Waals surface area (Å²) in [5.41, 5.74) is 4.52. The lowest BCUT2D eigenvalue weighted by Gasteiger charge is -2.49. The molecular weight excluding hydrogens is 819 g/mol. The summed E-state index contributed by atoms with van der Waals surface area (Å²) in [6, 6.07) is 47.1. The lowest BCUT2D eigenvalue weighted by molar-refractivity contribution is -0.358. The predicted octanol–water partition coefficient (Wildman–Crippen LogP) is 6.44. The SMILES string of the molecule is CC(=O)N[C@H]1[C@H](OCc2ccccc2)[C@@H](O[C@H]2O[C@@H](COCc3ccccc3)[C@@H](OCc3ccccc3)[C@@H](OCc3ccccc3)[C@@H]2OC(C)=O)[C@H](COCc2ccccc2)O[C@@H]1O. The van der Waals surface area contributed by atoms with Crippen LogP contribution < -0.4 is 5.32 Å². The highest BCUT2D eigenvalue weighted by Crippen LogP contribution is 2.35. The first-order valence-corrected chi connectivity index (χ1v) is 21.6. The van der Waals surface area contributed by atoms with Crippen LogP contribution in [0.2, 0.25) is 0 Å². The van der Waals surface area contributed by atoms with Gasteiger partial charge in [-0.3, -0.25) is 9.59 Å². The van der Waals surface area contributed by atoms with Crippen LogP contribution in [0.15, 0.2) is 152 Å². The highest BCUT2D eigenvalue weighted by molar-refractivity contribution is 5.73. The van der Waals surface area contributed by atoms with Gasteiger partial charge in [-0.15, -0.1) is 0 Å². The molecule has 10 atom stereocenters. The van der Waals surface area contributed by atoms with Crippen LogP contribution in [-0.2, 0) is 85.3 Å². The van der Waals surface area contributed by atoms with Crippen molar-refractivity contribution in [3.63, 3.8) is 0 Å².